The Labute approximate surface area is 220 Å². The lowest BCUT2D eigenvalue weighted by Gasteiger charge is -2.29. The molecule has 2 fully saturated rings. The quantitative estimate of drug-likeness (QED) is 0.372. The third kappa shape index (κ3) is 6.41. The maximum absolute atomic E-state index is 6.28. The standard InChI is InChI=1S/C33H49NO2/c1-23(25-11-15-27(16-12-25)32(3,4)5)9-19-30-34-29(21-35-30)22-36-31(34)20-10-24(2)26-13-17-28(18-14-26)33(6,7)8/h11-18,23-24,29-31H,9-10,19-22H2,1-8H3. The number of hydrogen-bond acceptors (Lipinski definition) is 3. The molecule has 2 heterocycles. The summed E-state index contributed by atoms with van der Waals surface area (Å²) >= 11 is 0. The predicted octanol–water partition coefficient (Wildman–Crippen LogP) is 8.13. The van der Waals surface area contributed by atoms with Gasteiger partial charge < -0.3 is 9.47 Å². The van der Waals surface area contributed by atoms with Crippen molar-refractivity contribution in [3.05, 3.63) is 70.8 Å². The molecule has 4 atom stereocenters. The number of ether oxygens (including phenoxy) is 2. The van der Waals surface area contributed by atoms with Crippen LogP contribution in [0.2, 0.25) is 0 Å². The summed E-state index contributed by atoms with van der Waals surface area (Å²) in [6.45, 7) is 20.0. The SMILES string of the molecule is CC(CCC1OCC2COC(CCC(C)c3ccc(C(C)(C)C)cc3)N21)c1ccc(C(C)(C)C)cc1. The molecule has 0 spiro atoms. The van der Waals surface area contributed by atoms with Gasteiger partial charge in [-0.15, -0.1) is 0 Å². The topological polar surface area (TPSA) is 21.7 Å². The fraction of sp³-hybridized carbons (Fsp3) is 0.636. The zero-order valence-corrected chi connectivity index (χ0v) is 24.0. The number of rotatable bonds is 8. The zero-order chi connectivity index (χ0) is 26.1. The number of benzene rings is 2. The highest BCUT2D eigenvalue weighted by Crippen LogP contribution is 2.35. The van der Waals surface area contributed by atoms with Gasteiger partial charge in [-0.3, -0.25) is 0 Å². The third-order valence-corrected chi connectivity index (χ3v) is 8.43. The van der Waals surface area contributed by atoms with E-state index in [2.05, 4.69) is 109 Å². The van der Waals surface area contributed by atoms with Crippen molar-refractivity contribution in [2.75, 3.05) is 13.2 Å². The smallest absolute Gasteiger partial charge is 0.113 e. The molecule has 3 nitrogen and oxygen atoms in total. The van der Waals surface area contributed by atoms with E-state index in [1.807, 2.05) is 0 Å². The van der Waals surface area contributed by atoms with Crippen LogP contribution in [0.3, 0.4) is 0 Å². The first-order chi connectivity index (χ1) is 16.9. The molecule has 0 amide bonds. The predicted molar refractivity (Wildman–Crippen MR) is 151 cm³/mol. The van der Waals surface area contributed by atoms with Gasteiger partial charge in [0.2, 0.25) is 0 Å². The highest BCUT2D eigenvalue weighted by Gasteiger charge is 2.44. The third-order valence-electron chi connectivity index (χ3n) is 8.43. The van der Waals surface area contributed by atoms with E-state index in [9.17, 15) is 0 Å². The van der Waals surface area contributed by atoms with Crippen LogP contribution in [0.1, 0.15) is 115 Å². The van der Waals surface area contributed by atoms with Gasteiger partial charge in [-0.1, -0.05) is 104 Å². The Balaban J connectivity index is 1.30. The summed E-state index contributed by atoms with van der Waals surface area (Å²) in [5.74, 6) is 1.06. The highest BCUT2D eigenvalue weighted by atomic mass is 16.6. The summed E-state index contributed by atoms with van der Waals surface area (Å²) in [4.78, 5) is 2.55. The maximum Gasteiger partial charge on any atom is 0.113 e. The maximum atomic E-state index is 6.28. The van der Waals surface area contributed by atoms with E-state index >= 15 is 0 Å². The van der Waals surface area contributed by atoms with Gasteiger partial charge in [-0.05, 0) is 70.6 Å². The molecule has 2 aromatic carbocycles. The van der Waals surface area contributed by atoms with Gasteiger partial charge in [-0.2, -0.15) is 0 Å². The molecule has 0 aliphatic carbocycles. The van der Waals surface area contributed by atoms with Crippen molar-refractivity contribution < 1.29 is 9.47 Å². The summed E-state index contributed by atoms with van der Waals surface area (Å²) < 4.78 is 12.6. The van der Waals surface area contributed by atoms with Crippen molar-refractivity contribution in [3.8, 4) is 0 Å². The Morgan fingerprint density at radius 2 is 1.03 bits per heavy atom. The van der Waals surface area contributed by atoms with Gasteiger partial charge in [0.15, 0.2) is 0 Å². The van der Waals surface area contributed by atoms with E-state index in [4.69, 9.17) is 9.47 Å². The average molecular weight is 492 g/mol. The number of nitrogens with zero attached hydrogens (tertiary/aromatic N) is 1. The van der Waals surface area contributed by atoms with E-state index < -0.39 is 0 Å². The second-order valence-corrected chi connectivity index (χ2v) is 13.4. The molecule has 2 saturated heterocycles. The van der Waals surface area contributed by atoms with E-state index in [-0.39, 0.29) is 23.3 Å². The van der Waals surface area contributed by atoms with E-state index in [0.717, 1.165) is 38.9 Å². The lowest BCUT2D eigenvalue weighted by atomic mass is 9.85. The van der Waals surface area contributed by atoms with Crippen LogP contribution in [0, 0.1) is 0 Å². The fourth-order valence-electron chi connectivity index (χ4n) is 5.70. The van der Waals surface area contributed by atoms with Crippen LogP contribution in [-0.4, -0.2) is 36.6 Å². The van der Waals surface area contributed by atoms with Crippen molar-refractivity contribution in [1.82, 2.24) is 4.90 Å². The van der Waals surface area contributed by atoms with Crippen molar-refractivity contribution in [2.45, 2.75) is 122 Å². The molecule has 0 saturated carbocycles. The van der Waals surface area contributed by atoms with Crippen molar-refractivity contribution in [2.24, 2.45) is 0 Å². The molecule has 36 heavy (non-hydrogen) atoms. The Hall–Kier alpha value is -1.68. The minimum atomic E-state index is 0.181. The monoisotopic (exact) mass is 491 g/mol. The van der Waals surface area contributed by atoms with Gasteiger partial charge >= 0.3 is 0 Å². The van der Waals surface area contributed by atoms with Crippen LogP contribution in [0.5, 0.6) is 0 Å². The summed E-state index contributed by atoms with van der Waals surface area (Å²) in [6.07, 6.45) is 4.74. The van der Waals surface area contributed by atoms with Gasteiger partial charge in [0, 0.05) is 0 Å². The molecule has 2 aliphatic rings. The minimum absolute atomic E-state index is 0.181. The highest BCUT2D eigenvalue weighted by molar-refractivity contribution is 5.30. The first-order valence-corrected chi connectivity index (χ1v) is 14.1. The van der Waals surface area contributed by atoms with Crippen molar-refractivity contribution in [1.29, 1.82) is 0 Å². The van der Waals surface area contributed by atoms with Crippen LogP contribution in [0.4, 0.5) is 0 Å². The average Bonchev–Trinajstić information content (AvgIpc) is 3.42. The van der Waals surface area contributed by atoms with Crippen LogP contribution in [0.25, 0.3) is 0 Å². The molecule has 2 aliphatic heterocycles. The van der Waals surface area contributed by atoms with E-state index in [0.29, 0.717) is 17.9 Å². The first kappa shape index (κ1) is 27.4. The Bertz CT molecular complexity index is 887. The van der Waals surface area contributed by atoms with Gasteiger partial charge in [0.25, 0.3) is 0 Å². The van der Waals surface area contributed by atoms with Gasteiger partial charge in [-0.25, -0.2) is 4.90 Å². The van der Waals surface area contributed by atoms with Crippen LogP contribution < -0.4 is 0 Å². The molecule has 3 heteroatoms. The zero-order valence-electron chi connectivity index (χ0n) is 24.0. The molecule has 198 valence electrons. The summed E-state index contributed by atoms with van der Waals surface area (Å²) in [6, 6.07) is 18.9. The molecule has 4 rings (SSSR count). The Morgan fingerprint density at radius 3 is 1.36 bits per heavy atom. The second-order valence-electron chi connectivity index (χ2n) is 13.4. The summed E-state index contributed by atoms with van der Waals surface area (Å²) in [5, 5.41) is 0. The Kier molecular flexibility index (Phi) is 8.34. The van der Waals surface area contributed by atoms with Crippen LogP contribution in [0.15, 0.2) is 48.5 Å². The normalized spacial score (nSPS) is 24.6. The van der Waals surface area contributed by atoms with Crippen molar-refractivity contribution >= 4 is 0 Å². The Morgan fingerprint density at radius 1 is 0.667 bits per heavy atom. The largest absolute Gasteiger partial charge is 0.361 e. The lowest BCUT2D eigenvalue weighted by molar-refractivity contribution is -0.0646. The minimum Gasteiger partial charge on any atom is -0.361 e. The number of hydrogen-bond donors (Lipinski definition) is 0. The molecular weight excluding hydrogens is 442 g/mol. The fourth-order valence-corrected chi connectivity index (χ4v) is 5.70. The molecule has 2 aromatic rings. The molecule has 4 unspecified atom stereocenters. The van der Waals surface area contributed by atoms with Gasteiger partial charge in [0.1, 0.15) is 12.5 Å². The first-order valence-electron chi connectivity index (χ1n) is 14.1. The summed E-state index contributed by atoms with van der Waals surface area (Å²) in [7, 11) is 0. The molecule has 0 radical (unpaired) electrons. The van der Waals surface area contributed by atoms with E-state index in [1.54, 1.807) is 0 Å². The number of fused-ring (bicyclic) bond motifs is 1. The summed E-state index contributed by atoms with van der Waals surface area (Å²) in [5.41, 5.74) is 6.06. The second kappa shape index (κ2) is 11.0. The molecular formula is C33H49NO2. The lowest BCUT2D eigenvalue weighted by Crippen LogP contribution is -2.39. The molecule has 0 aromatic heterocycles. The van der Waals surface area contributed by atoms with Crippen molar-refractivity contribution in [3.63, 3.8) is 0 Å². The molecule has 0 N–H and O–H groups in total. The van der Waals surface area contributed by atoms with Crippen LogP contribution in [-0.2, 0) is 20.3 Å². The van der Waals surface area contributed by atoms with E-state index in [1.165, 1.54) is 22.3 Å². The van der Waals surface area contributed by atoms with Gasteiger partial charge in [0.05, 0.1) is 19.3 Å². The molecule has 0 bridgehead atoms. The van der Waals surface area contributed by atoms with Crippen LogP contribution >= 0.6 is 0 Å².